The first-order chi connectivity index (χ1) is 20.0. The molecule has 2 aromatic heterocycles. The topological polar surface area (TPSA) is 144 Å². The minimum atomic E-state index is -5.08. The highest BCUT2D eigenvalue weighted by Crippen LogP contribution is 2.30. The molecule has 0 aliphatic rings. The average molecular weight is 593 g/mol. The molecule has 13 heteroatoms. The van der Waals surface area contributed by atoms with Crippen molar-refractivity contribution in [2.24, 2.45) is 0 Å². The third-order valence-electron chi connectivity index (χ3n) is 5.63. The summed E-state index contributed by atoms with van der Waals surface area (Å²) in [5.74, 6) is -2.46. The van der Waals surface area contributed by atoms with Crippen LogP contribution in [0, 0.1) is 11.3 Å². The predicted octanol–water partition coefficient (Wildman–Crippen LogP) is 6.71. The summed E-state index contributed by atoms with van der Waals surface area (Å²) >= 11 is 6.02. The fraction of sp³-hybridized carbons (Fsp3) is 0.0690. The van der Waals surface area contributed by atoms with Crippen molar-refractivity contribution >= 4 is 51.8 Å². The number of carbonyl (C=O) groups excluding carboxylic acids is 1. The predicted molar refractivity (Wildman–Crippen MR) is 151 cm³/mol. The molecule has 0 radical (unpaired) electrons. The molecule has 0 atom stereocenters. The van der Waals surface area contributed by atoms with Gasteiger partial charge in [0.2, 0.25) is 11.9 Å². The second-order valence-corrected chi connectivity index (χ2v) is 9.15. The van der Waals surface area contributed by atoms with Crippen molar-refractivity contribution in [1.29, 1.82) is 5.26 Å². The molecule has 0 aliphatic carbocycles. The van der Waals surface area contributed by atoms with Crippen LogP contribution in [-0.2, 0) is 16.0 Å². The molecule has 5 aromatic rings. The molecule has 0 unspecified atom stereocenters. The number of aromatic nitrogens is 3. The first-order valence-corrected chi connectivity index (χ1v) is 12.5. The molecule has 4 N–H and O–H groups in total. The van der Waals surface area contributed by atoms with Gasteiger partial charge >= 0.3 is 12.1 Å². The number of nitrogens with one attached hydrogen (secondary N) is 3. The van der Waals surface area contributed by atoms with E-state index in [4.69, 9.17) is 26.8 Å². The van der Waals surface area contributed by atoms with Gasteiger partial charge in [-0.1, -0.05) is 41.9 Å². The van der Waals surface area contributed by atoms with E-state index in [1.165, 1.54) is 0 Å². The first-order valence-electron chi connectivity index (χ1n) is 12.1. The van der Waals surface area contributed by atoms with Gasteiger partial charge in [-0.05, 0) is 53.6 Å². The summed E-state index contributed by atoms with van der Waals surface area (Å²) in [5, 5.41) is 23.7. The van der Waals surface area contributed by atoms with Crippen molar-refractivity contribution in [3.8, 4) is 17.2 Å². The standard InChI is InChI=1S/C27H19ClN6O.C2HF3O2/c28-20-7-1-4-17(10-20)12-25(35)32-22-9-3-6-19(13-22)23-15-30-26-24(23)16-31-27(34-26)33-21-8-2-5-18(11-21)14-29;3-2(4,5)1(6)7/h1-11,13,15-16H,12H2,(H,32,35)(H2,30,31,33,34);(H,6,7). The van der Waals surface area contributed by atoms with Crippen molar-refractivity contribution in [3.05, 3.63) is 101 Å². The summed E-state index contributed by atoms with van der Waals surface area (Å²) in [6.07, 6.45) is -1.24. The van der Waals surface area contributed by atoms with Crippen LogP contribution in [0.1, 0.15) is 11.1 Å². The number of H-pyrrole nitrogens is 1. The highest BCUT2D eigenvalue weighted by atomic mass is 35.5. The molecule has 0 aliphatic heterocycles. The summed E-state index contributed by atoms with van der Waals surface area (Å²) in [4.78, 5) is 33.6. The quantitative estimate of drug-likeness (QED) is 0.171. The van der Waals surface area contributed by atoms with Gasteiger partial charge in [0.05, 0.1) is 18.1 Å². The summed E-state index contributed by atoms with van der Waals surface area (Å²) in [7, 11) is 0. The largest absolute Gasteiger partial charge is 0.490 e. The monoisotopic (exact) mass is 592 g/mol. The Morgan fingerprint density at radius 3 is 2.45 bits per heavy atom. The van der Waals surface area contributed by atoms with E-state index in [1.807, 2.05) is 48.7 Å². The molecule has 5 rings (SSSR count). The van der Waals surface area contributed by atoms with E-state index in [1.54, 1.807) is 36.5 Å². The summed E-state index contributed by atoms with van der Waals surface area (Å²) < 4.78 is 31.7. The molecule has 0 bridgehead atoms. The third-order valence-corrected chi connectivity index (χ3v) is 5.87. The van der Waals surface area contributed by atoms with Crippen molar-refractivity contribution in [3.63, 3.8) is 0 Å². The van der Waals surface area contributed by atoms with Gasteiger partial charge < -0.3 is 20.7 Å². The number of nitrogens with zero attached hydrogens (tertiary/aromatic N) is 3. The minimum Gasteiger partial charge on any atom is -0.475 e. The Morgan fingerprint density at radius 2 is 1.74 bits per heavy atom. The van der Waals surface area contributed by atoms with Gasteiger partial charge in [0.1, 0.15) is 5.65 Å². The van der Waals surface area contributed by atoms with Crippen LogP contribution in [-0.4, -0.2) is 38.1 Å². The molecule has 0 saturated heterocycles. The van der Waals surface area contributed by atoms with Gasteiger partial charge in [-0.25, -0.2) is 9.78 Å². The van der Waals surface area contributed by atoms with Crippen molar-refractivity contribution in [2.45, 2.75) is 12.6 Å². The molecule has 0 spiro atoms. The summed E-state index contributed by atoms with van der Waals surface area (Å²) in [6.45, 7) is 0. The van der Waals surface area contributed by atoms with Gasteiger partial charge in [0.15, 0.2) is 0 Å². The number of hydrogen-bond donors (Lipinski definition) is 4. The molecule has 9 nitrogen and oxygen atoms in total. The second kappa shape index (κ2) is 12.8. The van der Waals surface area contributed by atoms with Crippen LogP contribution in [0.5, 0.6) is 0 Å². The lowest BCUT2D eigenvalue weighted by atomic mass is 10.1. The van der Waals surface area contributed by atoms with Crippen molar-refractivity contribution < 1.29 is 27.9 Å². The molecule has 42 heavy (non-hydrogen) atoms. The Hall–Kier alpha value is -5.41. The van der Waals surface area contributed by atoms with Gasteiger partial charge in [0.25, 0.3) is 0 Å². The van der Waals surface area contributed by atoms with E-state index in [2.05, 4.69) is 31.7 Å². The van der Waals surface area contributed by atoms with Crippen LogP contribution in [0.3, 0.4) is 0 Å². The summed E-state index contributed by atoms with van der Waals surface area (Å²) in [5.41, 5.74) is 5.34. The third kappa shape index (κ3) is 7.83. The zero-order valence-corrected chi connectivity index (χ0v) is 22.2. The number of benzene rings is 3. The second-order valence-electron chi connectivity index (χ2n) is 8.71. The Kier molecular flexibility index (Phi) is 9.04. The van der Waals surface area contributed by atoms with E-state index in [9.17, 15) is 18.0 Å². The smallest absolute Gasteiger partial charge is 0.475 e. The van der Waals surface area contributed by atoms with E-state index in [-0.39, 0.29) is 12.3 Å². The SMILES string of the molecule is N#Cc1cccc(Nc2ncc3c(-c4cccc(NC(=O)Cc5cccc(Cl)c5)c4)c[nH]c3n2)c1.O=C(O)C(F)(F)F. The molecule has 3 aromatic carbocycles. The number of halogens is 4. The maximum atomic E-state index is 12.5. The van der Waals surface area contributed by atoms with Gasteiger partial charge in [-0.2, -0.15) is 23.4 Å². The molecule has 1 amide bonds. The maximum Gasteiger partial charge on any atom is 0.490 e. The average Bonchev–Trinajstić information content (AvgIpc) is 3.36. The zero-order valence-electron chi connectivity index (χ0n) is 21.4. The van der Waals surface area contributed by atoms with Gasteiger partial charge in [-0.15, -0.1) is 0 Å². The molecular weight excluding hydrogens is 573 g/mol. The van der Waals surface area contributed by atoms with Crippen LogP contribution >= 0.6 is 11.6 Å². The molecule has 0 fully saturated rings. The number of carboxylic acid groups (broad SMARTS) is 1. The Balaban J connectivity index is 0.000000517. The number of hydrogen-bond acceptors (Lipinski definition) is 6. The number of carbonyl (C=O) groups is 2. The number of amides is 1. The Labute approximate surface area is 241 Å². The van der Waals surface area contributed by atoms with Crippen LogP contribution in [0.25, 0.3) is 22.2 Å². The number of fused-ring (bicyclic) bond motifs is 1. The Morgan fingerprint density at radius 1 is 1.02 bits per heavy atom. The molecule has 212 valence electrons. The number of alkyl halides is 3. The lowest BCUT2D eigenvalue weighted by molar-refractivity contribution is -0.192. The lowest BCUT2D eigenvalue weighted by Gasteiger charge is -2.08. The van der Waals surface area contributed by atoms with Gasteiger partial charge in [-0.3, -0.25) is 4.79 Å². The lowest BCUT2D eigenvalue weighted by Crippen LogP contribution is -2.21. The van der Waals surface area contributed by atoms with E-state index in [0.717, 1.165) is 27.8 Å². The number of rotatable bonds is 6. The molecule has 2 heterocycles. The normalized spacial score (nSPS) is 10.7. The van der Waals surface area contributed by atoms with Crippen LogP contribution in [0.2, 0.25) is 5.02 Å². The Bertz CT molecular complexity index is 1800. The first kappa shape index (κ1) is 29.6. The highest BCUT2D eigenvalue weighted by molar-refractivity contribution is 6.30. The highest BCUT2D eigenvalue weighted by Gasteiger charge is 2.38. The molecular formula is C29H20ClF3N6O3. The summed E-state index contributed by atoms with van der Waals surface area (Å²) in [6, 6.07) is 24.1. The van der Waals surface area contributed by atoms with Crippen molar-refractivity contribution in [1.82, 2.24) is 15.0 Å². The number of carboxylic acids is 1. The van der Waals surface area contributed by atoms with E-state index >= 15 is 0 Å². The number of aliphatic carboxylic acids is 1. The minimum absolute atomic E-state index is 0.122. The van der Waals surface area contributed by atoms with Crippen LogP contribution < -0.4 is 10.6 Å². The fourth-order valence-electron chi connectivity index (χ4n) is 3.80. The van der Waals surface area contributed by atoms with E-state index in [0.29, 0.717) is 27.9 Å². The van der Waals surface area contributed by atoms with Crippen molar-refractivity contribution in [2.75, 3.05) is 10.6 Å². The van der Waals surface area contributed by atoms with E-state index < -0.39 is 12.1 Å². The van der Waals surface area contributed by atoms with Crippen LogP contribution in [0.4, 0.5) is 30.5 Å². The fourth-order valence-corrected chi connectivity index (χ4v) is 4.02. The molecule has 0 saturated carbocycles. The number of anilines is 3. The number of aromatic amines is 1. The maximum absolute atomic E-state index is 12.5. The van der Waals surface area contributed by atoms with Gasteiger partial charge in [0, 0.05) is 39.7 Å². The number of nitriles is 1. The van der Waals surface area contributed by atoms with Crippen LogP contribution in [0.15, 0.2) is 85.2 Å². The zero-order chi connectivity index (χ0) is 30.3.